The van der Waals surface area contributed by atoms with Crippen LogP contribution in [0.15, 0.2) is 4.99 Å². The largest absolute Gasteiger partial charge is 0.393 e. The lowest BCUT2D eigenvalue weighted by atomic mass is 10.1. The molecule has 0 amide bonds. The first-order valence-corrected chi connectivity index (χ1v) is 5.24. The van der Waals surface area contributed by atoms with Crippen LogP contribution in [-0.2, 0) is 0 Å². The molecule has 1 aliphatic rings. The van der Waals surface area contributed by atoms with Gasteiger partial charge in [0.05, 0.1) is 11.9 Å². The second-order valence-corrected chi connectivity index (χ2v) is 3.70. The summed E-state index contributed by atoms with van der Waals surface area (Å²) in [5, 5.41) is 12.3. The zero-order valence-electron chi connectivity index (χ0n) is 8.42. The number of aliphatic hydroxyl groups is 1. The molecule has 0 saturated carbocycles. The van der Waals surface area contributed by atoms with Gasteiger partial charge in [-0.05, 0) is 32.6 Å². The van der Waals surface area contributed by atoms with Gasteiger partial charge in [-0.1, -0.05) is 0 Å². The monoisotopic (exact) mass is 184 g/mol. The number of rotatable bonds is 4. The van der Waals surface area contributed by atoms with Gasteiger partial charge in [0.1, 0.15) is 0 Å². The van der Waals surface area contributed by atoms with Crippen LogP contribution >= 0.6 is 0 Å². The van der Waals surface area contributed by atoms with E-state index in [1.54, 1.807) is 0 Å². The molecule has 0 aromatic heterocycles. The van der Waals surface area contributed by atoms with Gasteiger partial charge in [0, 0.05) is 19.5 Å². The zero-order valence-corrected chi connectivity index (χ0v) is 8.42. The molecule has 3 heteroatoms. The molecule has 76 valence electrons. The van der Waals surface area contributed by atoms with Crippen LogP contribution < -0.4 is 5.32 Å². The van der Waals surface area contributed by atoms with Gasteiger partial charge in [0.15, 0.2) is 0 Å². The molecular weight excluding hydrogens is 164 g/mol. The molecule has 0 saturated heterocycles. The summed E-state index contributed by atoms with van der Waals surface area (Å²) in [4.78, 5) is 4.39. The summed E-state index contributed by atoms with van der Waals surface area (Å²) in [6.45, 7) is 3.76. The van der Waals surface area contributed by atoms with Crippen molar-refractivity contribution in [3.63, 3.8) is 0 Å². The maximum atomic E-state index is 9.03. The van der Waals surface area contributed by atoms with Gasteiger partial charge in [0.2, 0.25) is 0 Å². The third-order valence-corrected chi connectivity index (χ3v) is 2.25. The summed E-state index contributed by atoms with van der Waals surface area (Å²) < 4.78 is 0. The van der Waals surface area contributed by atoms with Gasteiger partial charge in [0.25, 0.3) is 0 Å². The maximum absolute atomic E-state index is 9.03. The van der Waals surface area contributed by atoms with Gasteiger partial charge >= 0.3 is 0 Å². The van der Waals surface area contributed by atoms with Crippen molar-refractivity contribution in [2.45, 2.75) is 45.1 Å². The van der Waals surface area contributed by atoms with Crippen LogP contribution in [0.5, 0.6) is 0 Å². The van der Waals surface area contributed by atoms with Crippen molar-refractivity contribution in [2.24, 2.45) is 4.99 Å². The van der Waals surface area contributed by atoms with E-state index in [0.717, 1.165) is 38.2 Å². The van der Waals surface area contributed by atoms with E-state index in [9.17, 15) is 0 Å². The molecule has 2 N–H and O–H groups in total. The lowest BCUT2D eigenvalue weighted by Gasteiger charge is -2.13. The molecular formula is C10H20N2O. The molecule has 1 heterocycles. The van der Waals surface area contributed by atoms with Crippen molar-refractivity contribution in [1.29, 1.82) is 0 Å². The first kappa shape index (κ1) is 10.5. The molecule has 0 spiro atoms. The SMILES string of the molecule is CC(O)CCCNC1=NCCCC1. The minimum Gasteiger partial charge on any atom is -0.393 e. The van der Waals surface area contributed by atoms with E-state index in [2.05, 4.69) is 10.3 Å². The summed E-state index contributed by atoms with van der Waals surface area (Å²) in [5.41, 5.74) is 0. The molecule has 1 rings (SSSR count). The quantitative estimate of drug-likeness (QED) is 0.647. The number of amidine groups is 1. The van der Waals surface area contributed by atoms with Gasteiger partial charge < -0.3 is 10.4 Å². The van der Waals surface area contributed by atoms with E-state index >= 15 is 0 Å². The molecule has 1 unspecified atom stereocenters. The Kier molecular flexibility index (Phi) is 4.83. The van der Waals surface area contributed by atoms with Crippen molar-refractivity contribution in [2.75, 3.05) is 13.1 Å². The van der Waals surface area contributed by atoms with Gasteiger partial charge in [-0.3, -0.25) is 4.99 Å². The number of hydrogen-bond acceptors (Lipinski definition) is 3. The van der Waals surface area contributed by atoms with E-state index in [-0.39, 0.29) is 6.10 Å². The highest BCUT2D eigenvalue weighted by atomic mass is 16.3. The lowest BCUT2D eigenvalue weighted by molar-refractivity contribution is 0.182. The Morgan fingerprint density at radius 2 is 2.38 bits per heavy atom. The Morgan fingerprint density at radius 1 is 1.54 bits per heavy atom. The lowest BCUT2D eigenvalue weighted by Crippen LogP contribution is -2.27. The van der Waals surface area contributed by atoms with Gasteiger partial charge in [-0.15, -0.1) is 0 Å². The zero-order chi connectivity index (χ0) is 9.52. The van der Waals surface area contributed by atoms with Crippen molar-refractivity contribution in [1.82, 2.24) is 5.32 Å². The summed E-state index contributed by atoms with van der Waals surface area (Å²) in [6.07, 6.45) is 5.34. The Morgan fingerprint density at radius 3 is 3.00 bits per heavy atom. The van der Waals surface area contributed by atoms with Crippen molar-refractivity contribution in [3.8, 4) is 0 Å². The van der Waals surface area contributed by atoms with E-state index in [0.29, 0.717) is 0 Å². The van der Waals surface area contributed by atoms with Crippen molar-refractivity contribution in [3.05, 3.63) is 0 Å². The summed E-state index contributed by atoms with van der Waals surface area (Å²) >= 11 is 0. The summed E-state index contributed by atoms with van der Waals surface area (Å²) in [5.74, 6) is 1.16. The van der Waals surface area contributed by atoms with Crippen LogP contribution in [0.2, 0.25) is 0 Å². The fourth-order valence-electron chi connectivity index (χ4n) is 1.47. The average molecular weight is 184 g/mol. The Balaban J connectivity index is 2.01. The first-order chi connectivity index (χ1) is 6.29. The predicted octanol–water partition coefficient (Wildman–Crippen LogP) is 1.32. The van der Waals surface area contributed by atoms with Crippen LogP contribution in [0.4, 0.5) is 0 Å². The Labute approximate surface area is 80.3 Å². The molecule has 0 aromatic rings. The summed E-state index contributed by atoms with van der Waals surface area (Å²) in [6, 6.07) is 0. The third kappa shape index (κ3) is 4.88. The van der Waals surface area contributed by atoms with Gasteiger partial charge in [-0.25, -0.2) is 0 Å². The maximum Gasteiger partial charge on any atom is 0.0963 e. The third-order valence-electron chi connectivity index (χ3n) is 2.25. The number of nitrogens with zero attached hydrogens (tertiary/aromatic N) is 1. The molecule has 0 aliphatic carbocycles. The number of aliphatic hydroxyl groups excluding tert-OH is 1. The number of nitrogens with one attached hydrogen (secondary N) is 1. The molecule has 0 radical (unpaired) electrons. The fraction of sp³-hybridized carbons (Fsp3) is 0.900. The normalized spacial score (nSPS) is 19.4. The second kappa shape index (κ2) is 5.97. The second-order valence-electron chi connectivity index (χ2n) is 3.70. The predicted molar refractivity (Wildman–Crippen MR) is 55.1 cm³/mol. The number of hydrogen-bond donors (Lipinski definition) is 2. The van der Waals surface area contributed by atoms with Crippen LogP contribution in [0.25, 0.3) is 0 Å². The smallest absolute Gasteiger partial charge is 0.0963 e. The van der Waals surface area contributed by atoms with Crippen LogP contribution in [0, 0.1) is 0 Å². The molecule has 13 heavy (non-hydrogen) atoms. The van der Waals surface area contributed by atoms with Crippen LogP contribution in [0.1, 0.15) is 39.0 Å². The highest BCUT2D eigenvalue weighted by molar-refractivity contribution is 5.82. The van der Waals surface area contributed by atoms with Crippen LogP contribution in [0.3, 0.4) is 0 Å². The fourth-order valence-corrected chi connectivity index (χ4v) is 1.47. The van der Waals surface area contributed by atoms with Crippen LogP contribution in [-0.4, -0.2) is 30.1 Å². The molecule has 1 aliphatic heterocycles. The molecule has 1 atom stereocenters. The highest BCUT2D eigenvalue weighted by Crippen LogP contribution is 2.04. The molecule has 0 fully saturated rings. The minimum atomic E-state index is -0.171. The first-order valence-electron chi connectivity index (χ1n) is 5.24. The topological polar surface area (TPSA) is 44.6 Å². The Bertz CT molecular complexity index is 166. The van der Waals surface area contributed by atoms with E-state index in [4.69, 9.17) is 5.11 Å². The molecule has 0 bridgehead atoms. The Hall–Kier alpha value is -0.570. The van der Waals surface area contributed by atoms with Gasteiger partial charge in [-0.2, -0.15) is 0 Å². The van der Waals surface area contributed by atoms with E-state index in [1.165, 1.54) is 12.8 Å². The summed E-state index contributed by atoms with van der Waals surface area (Å²) in [7, 11) is 0. The van der Waals surface area contributed by atoms with E-state index in [1.807, 2.05) is 6.92 Å². The molecule has 3 nitrogen and oxygen atoms in total. The standard InChI is InChI=1S/C10H20N2O/c1-9(13)5-4-8-12-10-6-2-3-7-11-10/h9,13H,2-8H2,1H3,(H,11,12). The minimum absolute atomic E-state index is 0.171. The van der Waals surface area contributed by atoms with Crippen molar-refractivity contribution < 1.29 is 5.11 Å². The number of aliphatic imine (C=N–C) groups is 1. The average Bonchev–Trinajstić information content (AvgIpc) is 2.14. The molecule has 0 aromatic carbocycles. The van der Waals surface area contributed by atoms with E-state index < -0.39 is 0 Å². The highest BCUT2D eigenvalue weighted by Gasteiger charge is 2.03. The van der Waals surface area contributed by atoms with Crippen molar-refractivity contribution >= 4 is 5.84 Å².